The lowest BCUT2D eigenvalue weighted by atomic mass is 10.1. The molecule has 0 aliphatic carbocycles. The van der Waals surface area contributed by atoms with Gasteiger partial charge in [-0.15, -0.1) is 0 Å². The minimum absolute atomic E-state index is 0.116. The lowest BCUT2D eigenvalue weighted by molar-refractivity contribution is -0.123. The molecule has 0 aromatic carbocycles. The van der Waals surface area contributed by atoms with Crippen molar-refractivity contribution in [2.45, 2.75) is 38.8 Å². The van der Waals surface area contributed by atoms with Crippen molar-refractivity contribution in [3.63, 3.8) is 0 Å². The van der Waals surface area contributed by atoms with Crippen molar-refractivity contribution in [1.82, 2.24) is 9.80 Å². The SMILES string of the molecule is CCC(=O)C(C)N1CCC(N(C)C)C1. The minimum atomic E-state index is 0.116. The van der Waals surface area contributed by atoms with Crippen molar-refractivity contribution in [3.05, 3.63) is 0 Å². The van der Waals surface area contributed by atoms with E-state index in [1.54, 1.807) is 0 Å². The Morgan fingerprint density at radius 3 is 2.64 bits per heavy atom. The monoisotopic (exact) mass is 198 g/mol. The normalized spacial score (nSPS) is 25.6. The minimum Gasteiger partial charge on any atom is -0.305 e. The van der Waals surface area contributed by atoms with Gasteiger partial charge in [-0.1, -0.05) is 6.92 Å². The number of hydrogen-bond acceptors (Lipinski definition) is 3. The molecule has 1 fully saturated rings. The zero-order valence-electron chi connectivity index (χ0n) is 9.79. The van der Waals surface area contributed by atoms with Crippen LogP contribution in [0, 0.1) is 0 Å². The molecule has 0 radical (unpaired) electrons. The summed E-state index contributed by atoms with van der Waals surface area (Å²) in [5.41, 5.74) is 0. The molecule has 0 N–H and O–H groups in total. The lowest BCUT2D eigenvalue weighted by Crippen LogP contribution is -2.39. The van der Waals surface area contributed by atoms with Crippen LogP contribution in [0.25, 0.3) is 0 Å². The van der Waals surface area contributed by atoms with Crippen LogP contribution in [0.3, 0.4) is 0 Å². The molecule has 2 unspecified atom stereocenters. The standard InChI is InChI=1S/C11H22N2O/c1-5-11(14)9(2)13-7-6-10(8-13)12(3)4/h9-10H,5-8H2,1-4H3. The van der Waals surface area contributed by atoms with Gasteiger partial charge in [0.05, 0.1) is 6.04 Å². The summed E-state index contributed by atoms with van der Waals surface area (Å²) in [6.45, 7) is 6.08. The first-order valence-corrected chi connectivity index (χ1v) is 5.49. The second-order valence-corrected chi connectivity index (χ2v) is 4.40. The third-order valence-electron chi connectivity index (χ3n) is 3.29. The summed E-state index contributed by atoms with van der Waals surface area (Å²) in [5.74, 6) is 0.365. The topological polar surface area (TPSA) is 23.6 Å². The van der Waals surface area contributed by atoms with Crippen LogP contribution in [0.15, 0.2) is 0 Å². The summed E-state index contributed by atoms with van der Waals surface area (Å²) in [5, 5.41) is 0. The van der Waals surface area contributed by atoms with E-state index in [2.05, 4.69) is 23.9 Å². The van der Waals surface area contributed by atoms with Crippen molar-refractivity contribution < 1.29 is 4.79 Å². The van der Waals surface area contributed by atoms with E-state index in [1.807, 2.05) is 13.8 Å². The van der Waals surface area contributed by atoms with Gasteiger partial charge in [-0.3, -0.25) is 9.69 Å². The molecular formula is C11H22N2O. The number of rotatable bonds is 4. The highest BCUT2D eigenvalue weighted by atomic mass is 16.1. The summed E-state index contributed by atoms with van der Waals surface area (Å²) in [6.07, 6.45) is 1.85. The van der Waals surface area contributed by atoms with E-state index in [9.17, 15) is 4.79 Å². The van der Waals surface area contributed by atoms with Gasteiger partial charge in [0, 0.05) is 25.6 Å². The molecule has 1 heterocycles. The molecule has 0 aromatic heterocycles. The van der Waals surface area contributed by atoms with E-state index < -0.39 is 0 Å². The van der Waals surface area contributed by atoms with Crippen molar-refractivity contribution in [2.24, 2.45) is 0 Å². The molecule has 3 nitrogen and oxygen atoms in total. The van der Waals surface area contributed by atoms with E-state index in [0.29, 0.717) is 18.2 Å². The molecule has 1 saturated heterocycles. The van der Waals surface area contributed by atoms with Crippen molar-refractivity contribution in [3.8, 4) is 0 Å². The Labute approximate surface area is 87.1 Å². The van der Waals surface area contributed by atoms with E-state index in [-0.39, 0.29) is 6.04 Å². The highest BCUT2D eigenvalue weighted by Gasteiger charge is 2.29. The fourth-order valence-corrected chi connectivity index (χ4v) is 2.04. The zero-order valence-corrected chi connectivity index (χ0v) is 9.79. The van der Waals surface area contributed by atoms with Gasteiger partial charge >= 0.3 is 0 Å². The zero-order chi connectivity index (χ0) is 10.7. The largest absolute Gasteiger partial charge is 0.305 e. The average Bonchev–Trinajstić information content (AvgIpc) is 2.64. The molecule has 0 spiro atoms. The smallest absolute Gasteiger partial charge is 0.149 e. The molecule has 2 atom stereocenters. The quantitative estimate of drug-likeness (QED) is 0.673. The van der Waals surface area contributed by atoms with Gasteiger partial charge in [0.15, 0.2) is 0 Å². The number of ketones is 1. The number of nitrogens with zero attached hydrogens (tertiary/aromatic N) is 2. The molecule has 0 saturated carbocycles. The van der Waals surface area contributed by atoms with Gasteiger partial charge in [-0.2, -0.15) is 0 Å². The van der Waals surface area contributed by atoms with Crippen LogP contribution < -0.4 is 0 Å². The number of likely N-dealkylation sites (tertiary alicyclic amines) is 1. The first-order chi connectivity index (χ1) is 6.56. The highest BCUT2D eigenvalue weighted by Crippen LogP contribution is 2.16. The maximum Gasteiger partial charge on any atom is 0.149 e. The Morgan fingerprint density at radius 2 is 2.21 bits per heavy atom. The fraction of sp³-hybridized carbons (Fsp3) is 0.909. The summed E-state index contributed by atoms with van der Waals surface area (Å²) in [6, 6.07) is 0.743. The Kier molecular flexibility index (Phi) is 4.08. The fourth-order valence-electron chi connectivity index (χ4n) is 2.04. The Balaban J connectivity index is 2.45. The third kappa shape index (κ3) is 2.55. The van der Waals surface area contributed by atoms with Crippen LogP contribution >= 0.6 is 0 Å². The number of likely N-dealkylation sites (N-methyl/N-ethyl adjacent to an activating group) is 1. The molecule has 0 bridgehead atoms. The molecule has 82 valence electrons. The number of hydrogen-bond donors (Lipinski definition) is 0. The number of carbonyl (C=O) groups excluding carboxylic acids is 1. The summed E-state index contributed by atoms with van der Waals surface area (Å²) in [4.78, 5) is 16.1. The van der Waals surface area contributed by atoms with Gasteiger partial charge in [-0.05, 0) is 27.4 Å². The second kappa shape index (κ2) is 4.89. The van der Waals surface area contributed by atoms with Crippen molar-refractivity contribution >= 4 is 5.78 Å². The van der Waals surface area contributed by atoms with Gasteiger partial charge < -0.3 is 4.90 Å². The van der Waals surface area contributed by atoms with Crippen LogP contribution in [0.5, 0.6) is 0 Å². The summed E-state index contributed by atoms with van der Waals surface area (Å²) >= 11 is 0. The second-order valence-electron chi connectivity index (χ2n) is 4.40. The first kappa shape index (κ1) is 11.7. The molecule has 3 heteroatoms. The summed E-state index contributed by atoms with van der Waals surface area (Å²) in [7, 11) is 4.22. The van der Waals surface area contributed by atoms with Crippen molar-refractivity contribution in [2.75, 3.05) is 27.2 Å². The van der Waals surface area contributed by atoms with Crippen LogP contribution in [0.1, 0.15) is 26.7 Å². The van der Waals surface area contributed by atoms with Crippen LogP contribution in [0.2, 0.25) is 0 Å². The molecule has 1 aliphatic heterocycles. The van der Waals surface area contributed by atoms with E-state index in [0.717, 1.165) is 13.1 Å². The van der Waals surface area contributed by atoms with Gasteiger partial charge in [0.2, 0.25) is 0 Å². The first-order valence-electron chi connectivity index (χ1n) is 5.49. The molecule has 0 aromatic rings. The van der Waals surface area contributed by atoms with Crippen LogP contribution in [-0.2, 0) is 4.79 Å². The predicted octanol–water partition coefficient (Wildman–Crippen LogP) is 0.990. The van der Waals surface area contributed by atoms with Crippen LogP contribution in [0.4, 0.5) is 0 Å². The maximum absolute atomic E-state index is 11.5. The highest BCUT2D eigenvalue weighted by molar-refractivity contribution is 5.83. The van der Waals surface area contributed by atoms with Crippen LogP contribution in [-0.4, -0.2) is 54.9 Å². The van der Waals surface area contributed by atoms with Gasteiger partial charge in [-0.25, -0.2) is 0 Å². The third-order valence-corrected chi connectivity index (χ3v) is 3.29. The molecular weight excluding hydrogens is 176 g/mol. The van der Waals surface area contributed by atoms with E-state index in [4.69, 9.17) is 0 Å². The van der Waals surface area contributed by atoms with Gasteiger partial charge in [0.1, 0.15) is 5.78 Å². The molecule has 0 amide bonds. The Bertz CT molecular complexity index is 203. The molecule has 1 aliphatic rings. The van der Waals surface area contributed by atoms with Crippen molar-refractivity contribution in [1.29, 1.82) is 0 Å². The Morgan fingerprint density at radius 1 is 1.57 bits per heavy atom. The van der Waals surface area contributed by atoms with Gasteiger partial charge in [0.25, 0.3) is 0 Å². The number of carbonyl (C=O) groups is 1. The number of Topliss-reactive ketones (excluding diaryl/α,β-unsaturated/α-hetero) is 1. The maximum atomic E-state index is 11.5. The lowest BCUT2D eigenvalue weighted by Gasteiger charge is -2.24. The summed E-state index contributed by atoms with van der Waals surface area (Å²) < 4.78 is 0. The predicted molar refractivity (Wildman–Crippen MR) is 58.4 cm³/mol. The van der Waals surface area contributed by atoms with E-state index in [1.165, 1.54) is 6.42 Å². The molecule has 14 heavy (non-hydrogen) atoms. The average molecular weight is 198 g/mol. The molecule has 1 rings (SSSR count). The van der Waals surface area contributed by atoms with E-state index >= 15 is 0 Å². The Hall–Kier alpha value is -0.410.